The number of hydrogen-bond acceptors (Lipinski definition) is 6. The van der Waals surface area contributed by atoms with E-state index in [4.69, 9.17) is 0 Å². The molecule has 1 atom stereocenters. The largest absolute Gasteiger partial charge is 0.348 e. The fraction of sp³-hybridized carbons (Fsp3) is 0.0952. The summed E-state index contributed by atoms with van der Waals surface area (Å²) in [5.74, 6) is -0.876. The topological polar surface area (TPSA) is 92.3 Å². The van der Waals surface area contributed by atoms with Crippen molar-refractivity contribution in [2.45, 2.75) is 13.0 Å². The molecule has 0 fully saturated rings. The van der Waals surface area contributed by atoms with Gasteiger partial charge >= 0.3 is 0 Å². The number of aromatic amines is 1. The lowest BCUT2D eigenvalue weighted by Gasteiger charge is -2.15. The molecule has 7 nitrogen and oxygen atoms in total. The van der Waals surface area contributed by atoms with Crippen molar-refractivity contribution in [3.8, 4) is 11.3 Å². The van der Waals surface area contributed by atoms with Gasteiger partial charge in [-0.25, -0.2) is 28.7 Å². The van der Waals surface area contributed by atoms with Crippen LogP contribution in [0.15, 0.2) is 55.1 Å². The Hall–Kier alpha value is -4.01. The van der Waals surface area contributed by atoms with Gasteiger partial charge in [-0.3, -0.25) is 5.10 Å². The van der Waals surface area contributed by atoms with Gasteiger partial charge in [0.1, 0.15) is 18.0 Å². The molecule has 0 saturated heterocycles. The van der Waals surface area contributed by atoms with Crippen LogP contribution in [0.3, 0.4) is 0 Å². The quantitative estimate of drug-likeness (QED) is 0.462. The summed E-state index contributed by atoms with van der Waals surface area (Å²) in [6.45, 7) is 1.76. The van der Waals surface area contributed by atoms with E-state index in [2.05, 4.69) is 35.5 Å². The molecule has 148 valence electrons. The first kappa shape index (κ1) is 18.0. The molecule has 0 amide bonds. The number of hydrogen-bond donors (Lipinski definition) is 2. The van der Waals surface area contributed by atoms with Crippen LogP contribution in [0.4, 0.5) is 14.7 Å². The third-order valence-corrected chi connectivity index (χ3v) is 4.88. The molecule has 5 aromatic rings. The van der Waals surface area contributed by atoms with Crippen molar-refractivity contribution in [3.63, 3.8) is 0 Å². The van der Waals surface area contributed by atoms with E-state index < -0.39 is 17.7 Å². The van der Waals surface area contributed by atoms with Crippen LogP contribution in [0.1, 0.15) is 18.5 Å². The van der Waals surface area contributed by atoms with Crippen LogP contribution in [-0.2, 0) is 0 Å². The van der Waals surface area contributed by atoms with Crippen LogP contribution >= 0.6 is 0 Å². The van der Waals surface area contributed by atoms with Gasteiger partial charge in [-0.05, 0) is 25.1 Å². The molecule has 0 spiro atoms. The zero-order valence-electron chi connectivity index (χ0n) is 15.8. The van der Waals surface area contributed by atoms with Crippen LogP contribution in [0.5, 0.6) is 0 Å². The number of benzene rings is 2. The highest BCUT2D eigenvalue weighted by Gasteiger charge is 2.14. The summed E-state index contributed by atoms with van der Waals surface area (Å²) in [6.07, 6.45) is 4.86. The number of H-pyrrole nitrogens is 1. The second kappa shape index (κ2) is 7.11. The van der Waals surface area contributed by atoms with Gasteiger partial charge in [0, 0.05) is 28.8 Å². The van der Waals surface area contributed by atoms with Gasteiger partial charge < -0.3 is 5.32 Å². The van der Waals surface area contributed by atoms with E-state index in [0.29, 0.717) is 17.2 Å². The standard InChI is InChI=1S/C21H15F2N7/c1-11(15-4-3-14(22)7-17(15)23)28-21-24-8-13-6-12(2-5-18(13)29-21)19-16-9-27-30-20(16)26-10-25-19/h2-11H,1H3,(H,24,28,29)(H,25,26,27,30). The van der Waals surface area contributed by atoms with E-state index in [1.54, 1.807) is 19.3 Å². The molecule has 1 unspecified atom stereocenters. The maximum absolute atomic E-state index is 14.0. The van der Waals surface area contributed by atoms with Gasteiger partial charge in [0.2, 0.25) is 5.95 Å². The Morgan fingerprint density at radius 2 is 1.90 bits per heavy atom. The lowest BCUT2D eigenvalue weighted by molar-refractivity contribution is 0.566. The van der Waals surface area contributed by atoms with Crippen LogP contribution in [-0.4, -0.2) is 30.1 Å². The van der Waals surface area contributed by atoms with Gasteiger partial charge in [-0.15, -0.1) is 0 Å². The Kier molecular flexibility index (Phi) is 4.27. The van der Waals surface area contributed by atoms with Gasteiger partial charge in [0.25, 0.3) is 0 Å². The van der Waals surface area contributed by atoms with Crippen molar-refractivity contribution >= 4 is 27.9 Å². The van der Waals surface area contributed by atoms with E-state index in [1.807, 2.05) is 18.2 Å². The molecule has 0 radical (unpaired) electrons. The molecule has 0 bridgehead atoms. The molecule has 2 N–H and O–H groups in total. The Bertz CT molecular complexity index is 1380. The molecular weight excluding hydrogens is 388 g/mol. The van der Waals surface area contributed by atoms with E-state index >= 15 is 0 Å². The van der Waals surface area contributed by atoms with E-state index in [9.17, 15) is 8.78 Å². The Balaban J connectivity index is 1.45. The SMILES string of the molecule is CC(Nc1ncc2cc(-c3ncnc4[nH]ncc34)ccc2n1)c1ccc(F)cc1F. The molecule has 5 rings (SSSR count). The minimum absolute atomic E-state index is 0.336. The fourth-order valence-electron chi connectivity index (χ4n) is 3.37. The summed E-state index contributed by atoms with van der Waals surface area (Å²) < 4.78 is 27.1. The highest BCUT2D eigenvalue weighted by Crippen LogP contribution is 2.27. The summed E-state index contributed by atoms with van der Waals surface area (Å²) in [7, 11) is 0. The van der Waals surface area contributed by atoms with E-state index in [-0.39, 0.29) is 0 Å². The summed E-state index contributed by atoms with van der Waals surface area (Å²) in [5, 5.41) is 11.6. The molecule has 0 aliphatic heterocycles. The maximum atomic E-state index is 14.0. The average Bonchev–Trinajstić information content (AvgIpc) is 3.22. The highest BCUT2D eigenvalue weighted by atomic mass is 19.1. The molecule has 0 aliphatic carbocycles. The van der Waals surface area contributed by atoms with Crippen LogP contribution in [0.2, 0.25) is 0 Å². The number of anilines is 1. The normalized spacial score (nSPS) is 12.4. The second-order valence-corrected chi connectivity index (χ2v) is 6.85. The van der Waals surface area contributed by atoms with E-state index in [0.717, 1.165) is 33.6 Å². The Labute approximate surface area is 169 Å². The van der Waals surface area contributed by atoms with Crippen molar-refractivity contribution in [3.05, 3.63) is 72.3 Å². The van der Waals surface area contributed by atoms with Gasteiger partial charge in [-0.2, -0.15) is 5.10 Å². The molecule has 3 aromatic heterocycles. The van der Waals surface area contributed by atoms with E-state index in [1.165, 1.54) is 18.5 Å². The monoisotopic (exact) mass is 403 g/mol. The third kappa shape index (κ3) is 3.20. The van der Waals surface area contributed by atoms with Gasteiger partial charge in [0.05, 0.1) is 28.8 Å². The number of nitrogens with one attached hydrogen (secondary N) is 2. The predicted molar refractivity (Wildman–Crippen MR) is 109 cm³/mol. The smallest absolute Gasteiger partial charge is 0.223 e. The van der Waals surface area contributed by atoms with Crippen molar-refractivity contribution in [2.75, 3.05) is 5.32 Å². The lowest BCUT2D eigenvalue weighted by atomic mass is 10.1. The minimum atomic E-state index is -0.615. The van der Waals surface area contributed by atoms with Gasteiger partial charge in [-0.1, -0.05) is 12.1 Å². The summed E-state index contributed by atoms with van der Waals surface area (Å²) in [6, 6.07) is 8.79. The average molecular weight is 403 g/mol. The predicted octanol–water partition coefficient (Wildman–Crippen LogP) is 4.41. The first-order valence-electron chi connectivity index (χ1n) is 9.21. The Morgan fingerprint density at radius 3 is 2.77 bits per heavy atom. The number of halogens is 2. The fourth-order valence-corrected chi connectivity index (χ4v) is 3.37. The van der Waals surface area contributed by atoms with Crippen molar-refractivity contribution in [2.24, 2.45) is 0 Å². The van der Waals surface area contributed by atoms with Crippen molar-refractivity contribution < 1.29 is 8.78 Å². The molecule has 2 aromatic carbocycles. The highest BCUT2D eigenvalue weighted by molar-refractivity contribution is 5.93. The lowest BCUT2D eigenvalue weighted by Crippen LogP contribution is -2.11. The second-order valence-electron chi connectivity index (χ2n) is 6.85. The molecule has 9 heteroatoms. The summed E-state index contributed by atoms with van der Waals surface area (Å²) in [4.78, 5) is 17.4. The molecular formula is C21H15F2N7. The Morgan fingerprint density at radius 1 is 1.00 bits per heavy atom. The van der Waals surface area contributed by atoms with Crippen LogP contribution < -0.4 is 5.32 Å². The van der Waals surface area contributed by atoms with Crippen LogP contribution in [0.25, 0.3) is 33.2 Å². The van der Waals surface area contributed by atoms with Crippen LogP contribution in [0, 0.1) is 11.6 Å². The molecule has 30 heavy (non-hydrogen) atoms. The number of nitrogens with zero attached hydrogens (tertiary/aromatic N) is 5. The minimum Gasteiger partial charge on any atom is -0.348 e. The first-order chi connectivity index (χ1) is 14.6. The number of fused-ring (bicyclic) bond motifs is 2. The summed E-state index contributed by atoms with van der Waals surface area (Å²) >= 11 is 0. The van der Waals surface area contributed by atoms with Crippen molar-refractivity contribution in [1.29, 1.82) is 0 Å². The first-order valence-corrected chi connectivity index (χ1v) is 9.21. The zero-order valence-corrected chi connectivity index (χ0v) is 15.8. The molecule has 0 saturated carbocycles. The molecule has 0 aliphatic rings. The zero-order chi connectivity index (χ0) is 20.7. The maximum Gasteiger partial charge on any atom is 0.223 e. The van der Waals surface area contributed by atoms with Crippen molar-refractivity contribution in [1.82, 2.24) is 30.1 Å². The number of rotatable bonds is 4. The third-order valence-electron chi connectivity index (χ3n) is 4.88. The number of aromatic nitrogens is 6. The molecule has 3 heterocycles. The summed E-state index contributed by atoms with van der Waals surface area (Å²) in [5.41, 5.74) is 3.38. The van der Waals surface area contributed by atoms with Gasteiger partial charge in [0.15, 0.2) is 5.65 Å².